The Kier molecular flexibility index (Phi) is 9.01. The number of nitrogens with two attached hydrogens (primary N) is 1. The first-order chi connectivity index (χ1) is 14.0. The van der Waals surface area contributed by atoms with Crippen LogP contribution in [0.3, 0.4) is 0 Å². The monoisotopic (exact) mass is 420 g/mol. The third-order valence-corrected chi connectivity index (χ3v) is 5.38. The van der Waals surface area contributed by atoms with Crippen molar-refractivity contribution in [2.24, 2.45) is 0 Å². The summed E-state index contributed by atoms with van der Waals surface area (Å²) in [6.45, 7) is 2.69. The van der Waals surface area contributed by atoms with Crippen molar-refractivity contribution in [1.29, 1.82) is 0 Å². The number of nitrogens with zero attached hydrogens (tertiary/aromatic N) is 2. The fourth-order valence-corrected chi connectivity index (χ4v) is 3.75. The fraction of sp³-hybridized carbons (Fsp3) is 0.450. The van der Waals surface area contributed by atoms with Crippen LogP contribution in [0.15, 0.2) is 39.9 Å². The van der Waals surface area contributed by atoms with Crippen molar-refractivity contribution in [2.45, 2.75) is 32.9 Å². The molecular weight excluding hydrogens is 392 g/mol. The molecule has 2 rings (SSSR count). The van der Waals surface area contributed by atoms with Crippen molar-refractivity contribution in [2.75, 3.05) is 35.9 Å². The fourth-order valence-electron chi connectivity index (χ4n) is 2.78. The Morgan fingerprint density at radius 3 is 2.66 bits per heavy atom. The third-order valence-electron chi connectivity index (χ3n) is 4.36. The summed E-state index contributed by atoms with van der Waals surface area (Å²) >= 11 is 1.52. The lowest BCUT2D eigenvalue weighted by Gasteiger charge is -2.24. The highest BCUT2D eigenvalue weighted by Gasteiger charge is 2.24. The van der Waals surface area contributed by atoms with Crippen LogP contribution in [0, 0.1) is 0 Å². The maximum absolute atomic E-state index is 13.0. The Bertz CT molecular complexity index is 911. The van der Waals surface area contributed by atoms with Crippen LogP contribution in [-0.4, -0.2) is 40.7 Å². The quantitative estimate of drug-likeness (QED) is 0.537. The van der Waals surface area contributed by atoms with Crippen molar-refractivity contribution in [3.8, 4) is 0 Å². The second-order valence-corrected chi connectivity index (χ2v) is 7.61. The number of hydrogen-bond acceptors (Lipinski definition) is 6. The van der Waals surface area contributed by atoms with E-state index in [1.54, 1.807) is 0 Å². The minimum absolute atomic E-state index is 0.00866. The van der Waals surface area contributed by atoms with E-state index in [4.69, 9.17) is 10.5 Å². The van der Waals surface area contributed by atoms with Gasteiger partial charge in [-0.2, -0.15) is 11.8 Å². The lowest BCUT2D eigenvalue weighted by molar-refractivity contribution is -0.116. The van der Waals surface area contributed by atoms with Gasteiger partial charge in [0.1, 0.15) is 5.82 Å². The molecule has 29 heavy (non-hydrogen) atoms. The number of thioether (sulfide) groups is 1. The number of unbranched alkanes of at least 4 members (excludes halogenated alkanes) is 1. The zero-order chi connectivity index (χ0) is 21.2. The van der Waals surface area contributed by atoms with E-state index in [0.717, 1.165) is 24.2 Å². The van der Waals surface area contributed by atoms with Gasteiger partial charge in [0.05, 0.1) is 25.4 Å². The summed E-state index contributed by atoms with van der Waals surface area (Å²) in [6.07, 6.45) is 2.06. The average Bonchev–Trinajstić information content (AvgIpc) is 2.70. The molecule has 158 valence electrons. The smallest absolute Gasteiger partial charge is 0.330 e. The Balaban J connectivity index is 2.43. The molecule has 0 aliphatic carbocycles. The number of nitrogens with one attached hydrogen (secondary N) is 1. The highest BCUT2D eigenvalue weighted by atomic mass is 32.2. The number of ether oxygens (including phenoxy) is 1. The van der Waals surface area contributed by atoms with Gasteiger partial charge >= 0.3 is 5.69 Å². The normalized spacial score (nSPS) is 10.8. The first-order valence-corrected chi connectivity index (χ1v) is 10.7. The van der Waals surface area contributed by atoms with Gasteiger partial charge in [0, 0.05) is 7.11 Å². The Hall–Kier alpha value is -2.52. The van der Waals surface area contributed by atoms with Crippen LogP contribution in [-0.2, 0) is 22.6 Å². The van der Waals surface area contributed by atoms with Gasteiger partial charge in [-0.15, -0.1) is 0 Å². The first kappa shape index (κ1) is 22.8. The molecule has 2 aromatic rings. The number of aromatic amines is 1. The van der Waals surface area contributed by atoms with Crippen LogP contribution in [0.2, 0.25) is 0 Å². The molecule has 3 N–H and O–H groups in total. The molecule has 1 aromatic carbocycles. The number of methoxy groups -OCH3 is 1. The topological polar surface area (TPSA) is 110 Å². The van der Waals surface area contributed by atoms with E-state index in [1.807, 2.05) is 30.3 Å². The number of aromatic nitrogens is 2. The number of carbonyl (C=O) groups is 1. The molecule has 0 spiro atoms. The largest absolute Gasteiger partial charge is 0.383 e. The number of anilines is 2. The van der Waals surface area contributed by atoms with Crippen LogP contribution in [0.4, 0.5) is 11.5 Å². The number of carbonyl (C=O) groups excluding carboxylic acids is 1. The number of amides is 1. The van der Waals surface area contributed by atoms with Crippen molar-refractivity contribution in [1.82, 2.24) is 9.55 Å². The highest BCUT2D eigenvalue weighted by molar-refractivity contribution is 7.99. The van der Waals surface area contributed by atoms with E-state index in [2.05, 4.69) is 11.9 Å². The van der Waals surface area contributed by atoms with Gasteiger partial charge in [0.25, 0.3) is 5.56 Å². The van der Waals surface area contributed by atoms with Crippen molar-refractivity contribution in [3.63, 3.8) is 0 Å². The summed E-state index contributed by atoms with van der Waals surface area (Å²) in [5, 5.41) is 0. The molecule has 1 heterocycles. The lowest BCUT2D eigenvalue weighted by Crippen LogP contribution is -2.41. The third kappa shape index (κ3) is 6.23. The highest BCUT2D eigenvalue weighted by Crippen LogP contribution is 2.21. The number of hydrogen-bond donors (Lipinski definition) is 2. The van der Waals surface area contributed by atoms with Gasteiger partial charge in [-0.1, -0.05) is 43.7 Å². The molecular formula is C20H28N4O4S. The van der Waals surface area contributed by atoms with Gasteiger partial charge in [-0.3, -0.25) is 24.0 Å². The number of nitrogen functional groups attached to an aromatic ring is 1. The summed E-state index contributed by atoms with van der Waals surface area (Å²) in [7, 11) is 1.51. The van der Waals surface area contributed by atoms with Gasteiger partial charge < -0.3 is 10.5 Å². The molecule has 8 nitrogen and oxygen atoms in total. The zero-order valence-electron chi connectivity index (χ0n) is 16.8. The summed E-state index contributed by atoms with van der Waals surface area (Å²) in [5.41, 5.74) is 5.72. The number of benzene rings is 1. The van der Waals surface area contributed by atoms with Gasteiger partial charge in [-0.05, 0) is 17.7 Å². The van der Waals surface area contributed by atoms with Crippen molar-refractivity contribution in [3.05, 3.63) is 56.7 Å². The molecule has 0 radical (unpaired) electrons. The lowest BCUT2D eigenvalue weighted by atomic mass is 10.2. The van der Waals surface area contributed by atoms with Crippen molar-refractivity contribution >= 4 is 29.2 Å². The molecule has 0 aliphatic heterocycles. The molecule has 0 atom stereocenters. The van der Waals surface area contributed by atoms with E-state index in [1.165, 1.54) is 28.3 Å². The van der Waals surface area contributed by atoms with E-state index in [9.17, 15) is 14.4 Å². The van der Waals surface area contributed by atoms with Crippen LogP contribution >= 0.6 is 11.8 Å². The van der Waals surface area contributed by atoms with Crippen molar-refractivity contribution < 1.29 is 9.53 Å². The summed E-state index contributed by atoms with van der Waals surface area (Å²) < 4.78 is 6.23. The summed E-state index contributed by atoms with van der Waals surface area (Å²) in [5.74, 6) is 0.812. The molecule has 0 fully saturated rings. The van der Waals surface area contributed by atoms with Crippen LogP contribution in [0.1, 0.15) is 25.3 Å². The maximum atomic E-state index is 13.0. The molecule has 0 saturated carbocycles. The molecule has 1 aromatic heterocycles. The van der Waals surface area contributed by atoms with Crippen LogP contribution < -0.4 is 21.9 Å². The summed E-state index contributed by atoms with van der Waals surface area (Å²) in [6, 6.07) is 9.34. The van der Waals surface area contributed by atoms with Gasteiger partial charge in [0.15, 0.2) is 5.69 Å². The number of H-pyrrole nitrogens is 1. The molecule has 0 bridgehead atoms. The van der Waals surface area contributed by atoms with Crippen LogP contribution in [0.25, 0.3) is 0 Å². The van der Waals surface area contributed by atoms with Gasteiger partial charge in [0.2, 0.25) is 5.91 Å². The number of rotatable bonds is 11. The molecule has 9 heteroatoms. The predicted octanol–water partition coefficient (Wildman–Crippen LogP) is 1.83. The minimum Gasteiger partial charge on any atom is -0.383 e. The molecule has 0 aliphatic rings. The molecule has 0 saturated heterocycles. The Morgan fingerprint density at radius 1 is 1.28 bits per heavy atom. The minimum atomic E-state index is -0.677. The van der Waals surface area contributed by atoms with E-state index in [-0.39, 0.29) is 42.9 Å². The van der Waals surface area contributed by atoms with Crippen LogP contribution in [0.5, 0.6) is 0 Å². The van der Waals surface area contributed by atoms with E-state index < -0.39 is 11.2 Å². The van der Waals surface area contributed by atoms with E-state index in [0.29, 0.717) is 0 Å². The van der Waals surface area contributed by atoms with Gasteiger partial charge in [-0.25, -0.2) is 4.79 Å². The zero-order valence-corrected chi connectivity index (χ0v) is 17.7. The van der Waals surface area contributed by atoms with E-state index >= 15 is 0 Å². The second kappa shape index (κ2) is 11.5. The predicted molar refractivity (Wildman–Crippen MR) is 117 cm³/mol. The second-order valence-electron chi connectivity index (χ2n) is 6.51. The first-order valence-electron chi connectivity index (χ1n) is 9.53. The maximum Gasteiger partial charge on any atom is 0.330 e. The average molecular weight is 421 g/mol. The standard InChI is InChI=1S/C20H28N4O4S/c1-3-4-12-29-14-16(25)24(13-15-8-6-5-7-9-15)17-18(21)23(10-11-28-2)20(27)22-19(17)26/h5-9H,3-4,10-14,21H2,1-2H3,(H,22,26,27). The Labute approximate surface area is 174 Å². The molecule has 1 amide bonds. The summed E-state index contributed by atoms with van der Waals surface area (Å²) in [4.78, 5) is 41.4. The molecule has 0 unspecified atom stereocenters. The Morgan fingerprint density at radius 2 is 2.00 bits per heavy atom. The SMILES string of the molecule is CCCCSCC(=O)N(Cc1ccccc1)c1c(N)n(CCOC)c(=O)[nH]c1=O.